The normalized spacial score (nSPS) is 13.3. The van der Waals surface area contributed by atoms with Crippen molar-refractivity contribution in [3.63, 3.8) is 0 Å². The Morgan fingerprint density at radius 3 is 2.23 bits per heavy atom. The minimum atomic E-state index is -2.82. The maximum atomic E-state index is 13.0. The Morgan fingerprint density at radius 2 is 1.64 bits per heavy atom. The highest BCUT2D eigenvalue weighted by Crippen LogP contribution is 2.50. The van der Waals surface area contributed by atoms with E-state index in [2.05, 4.69) is 13.2 Å². The highest BCUT2D eigenvalue weighted by atomic mass is 31.2. The standard InChI is InChI=1S/C19H21O2P/c1-3-14-22(20,21-15-18-10-6-4-7-11-18)16-17(2)19-12-8-5-9-13-19/h3-13H,1-2,14-16H2. The van der Waals surface area contributed by atoms with E-state index in [1.165, 1.54) is 0 Å². The summed E-state index contributed by atoms with van der Waals surface area (Å²) in [6.07, 6.45) is 2.35. The van der Waals surface area contributed by atoms with Gasteiger partial charge in [-0.05, 0) is 16.7 Å². The number of benzene rings is 2. The first-order valence-corrected chi connectivity index (χ1v) is 9.23. The van der Waals surface area contributed by atoms with Gasteiger partial charge in [-0.3, -0.25) is 4.57 Å². The van der Waals surface area contributed by atoms with Crippen LogP contribution in [0.2, 0.25) is 0 Å². The van der Waals surface area contributed by atoms with Crippen LogP contribution >= 0.6 is 7.37 Å². The third kappa shape index (κ3) is 4.84. The third-order valence-corrected chi connectivity index (χ3v) is 5.61. The van der Waals surface area contributed by atoms with Crippen molar-refractivity contribution in [2.45, 2.75) is 6.61 Å². The van der Waals surface area contributed by atoms with Gasteiger partial charge >= 0.3 is 0 Å². The van der Waals surface area contributed by atoms with Gasteiger partial charge in [-0.15, -0.1) is 6.58 Å². The molecule has 2 nitrogen and oxygen atoms in total. The molecule has 0 spiro atoms. The SMILES string of the molecule is C=CCP(=O)(CC(=C)c1ccccc1)OCc1ccccc1. The van der Waals surface area contributed by atoms with E-state index in [4.69, 9.17) is 4.52 Å². The van der Waals surface area contributed by atoms with E-state index in [9.17, 15) is 4.57 Å². The molecule has 0 bridgehead atoms. The molecule has 2 rings (SSSR count). The summed E-state index contributed by atoms with van der Waals surface area (Å²) in [5.41, 5.74) is 2.84. The first-order valence-electron chi connectivity index (χ1n) is 7.23. The fraction of sp³-hybridized carbons (Fsp3) is 0.158. The zero-order valence-electron chi connectivity index (χ0n) is 12.7. The summed E-state index contributed by atoms with van der Waals surface area (Å²) in [5, 5.41) is 0. The van der Waals surface area contributed by atoms with Crippen molar-refractivity contribution in [3.8, 4) is 0 Å². The maximum Gasteiger partial charge on any atom is 0.211 e. The van der Waals surface area contributed by atoms with E-state index in [-0.39, 0.29) is 0 Å². The molecule has 0 saturated carbocycles. The second kappa shape index (κ2) is 7.93. The van der Waals surface area contributed by atoms with Crippen LogP contribution in [0.4, 0.5) is 0 Å². The topological polar surface area (TPSA) is 26.3 Å². The predicted octanol–water partition coefficient (Wildman–Crippen LogP) is 5.38. The molecule has 114 valence electrons. The molecule has 0 aliphatic heterocycles. The van der Waals surface area contributed by atoms with Crippen LogP contribution in [0.15, 0.2) is 79.9 Å². The molecular formula is C19H21O2P. The molecular weight excluding hydrogens is 291 g/mol. The van der Waals surface area contributed by atoms with Crippen LogP contribution in [0.25, 0.3) is 5.57 Å². The van der Waals surface area contributed by atoms with Gasteiger partial charge in [0, 0.05) is 6.16 Å². The van der Waals surface area contributed by atoms with E-state index in [1.807, 2.05) is 60.7 Å². The predicted molar refractivity (Wildman–Crippen MR) is 94.2 cm³/mol. The van der Waals surface area contributed by atoms with Gasteiger partial charge < -0.3 is 4.52 Å². The van der Waals surface area contributed by atoms with Gasteiger partial charge in [0.25, 0.3) is 0 Å². The van der Waals surface area contributed by atoms with Crippen LogP contribution in [-0.4, -0.2) is 12.3 Å². The molecule has 2 aromatic rings. The number of rotatable bonds is 8. The Balaban J connectivity index is 2.06. The largest absolute Gasteiger partial charge is 0.323 e. The van der Waals surface area contributed by atoms with Crippen molar-refractivity contribution in [3.05, 3.63) is 91.0 Å². The van der Waals surface area contributed by atoms with Crippen LogP contribution in [0, 0.1) is 0 Å². The monoisotopic (exact) mass is 312 g/mol. The number of hydrogen-bond donors (Lipinski definition) is 0. The molecule has 0 fully saturated rings. The average molecular weight is 312 g/mol. The van der Waals surface area contributed by atoms with E-state index >= 15 is 0 Å². The molecule has 1 unspecified atom stereocenters. The first kappa shape index (κ1) is 16.5. The smallest absolute Gasteiger partial charge is 0.211 e. The Bertz CT molecular complexity index is 662. The lowest BCUT2D eigenvalue weighted by molar-refractivity contribution is 0.306. The number of allylic oxidation sites excluding steroid dienone is 2. The van der Waals surface area contributed by atoms with Crippen LogP contribution in [-0.2, 0) is 15.7 Å². The zero-order valence-corrected chi connectivity index (χ0v) is 13.5. The fourth-order valence-electron chi connectivity index (χ4n) is 2.18. The molecule has 2 aromatic carbocycles. The van der Waals surface area contributed by atoms with Gasteiger partial charge in [0.1, 0.15) is 0 Å². The van der Waals surface area contributed by atoms with Crippen LogP contribution in [0.5, 0.6) is 0 Å². The van der Waals surface area contributed by atoms with E-state index in [1.54, 1.807) is 6.08 Å². The van der Waals surface area contributed by atoms with Crippen molar-refractivity contribution >= 4 is 12.9 Å². The highest BCUT2D eigenvalue weighted by Gasteiger charge is 2.23. The summed E-state index contributed by atoms with van der Waals surface area (Å²) in [7, 11) is -2.82. The Morgan fingerprint density at radius 1 is 1.05 bits per heavy atom. The molecule has 1 atom stereocenters. The molecule has 0 saturated heterocycles. The van der Waals surface area contributed by atoms with Crippen molar-refractivity contribution < 1.29 is 9.09 Å². The van der Waals surface area contributed by atoms with Crippen LogP contribution in [0.1, 0.15) is 11.1 Å². The second-order valence-electron chi connectivity index (χ2n) is 5.17. The Labute approximate surface area is 132 Å². The number of hydrogen-bond acceptors (Lipinski definition) is 2. The molecule has 0 aliphatic carbocycles. The molecule has 0 N–H and O–H groups in total. The summed E-state index contributed by atoms with van der Waals surface area (Å²) in [6.45, 7) is 8.10. The summed E-state index contributed by atoms with van der Waals surface area (Å²) < 4.78 is 18.8. The lowest BCUT2D eigenvalue weighted by Gasteiger charge is -2.19. The zero-order chi connectivity index (χ0) is 15.8. The molecule has 3 heteroatoms. The fourth-order valence-corrected chi connectivity index (χ4v) is 4.05. The van der Waals surface area contributed by atoms with Crippen molar-refractivity contribution in [1.29, 1.82) is 0 Å². The third-order valence-electron chi connectivity index (χ3n) is 3.33. The highest BCUT2D eigenvalue weighted by molar-refractivity contribution is 7.59. The van der Waals surface area contributed by atoms with Gasteiger partial charge in [-0.2, -0.15) is 0 Å². The van der Waals surface area contributed by atoms with Crippen LogP contribution < -0.4 is 0 Å². The van der Waals surface area contributed by atoms with Crippen molar-refractivity contribution in [2.24, 2.45) is 0 Å². The van der Waals surface area contributed by atoms with Crippen LogP contribution in [0.3, 0.4) is 0 Å². The van der Waals surface area contributed by atoms with Gasteiger partial charge in [0.2, 0.25) is 7.37 Å². The first-order chi connectivity index (χ1) is 10.6. The summed E-state index contributed by atoms with van der Waals surface area (Å²) >= 11 is 0. The van der Waals surface area contributed by atoms with E-state index in [0.29, 0.717) is 18.9 Å². The lowest BCUT2D eigenvalue weighted by atomic mass is 10.1. The molecule has 0 aliphatic rings. The minimum Gasteiger partial charge on any atom is -0.323 e. The second-order valence-corrected chi connectivity index (χ2v) is 7.74. The average Bonchev–Trinajstić information content (AvgIpc) is 2.55. The van der Waals surface area contributed by atoms with Gasteiger partial charge in [-0.25, -0.2) is 0 Å². The quantitative estimate of drug-likeness (QED) is 0.483. The molecule has 0 amide bonds. The van der Waals surface area contributed by atoms with Gasteiger partial charge in [-0.1, -0.05) is 73.3 Å². The Hall–Kier alpha value is -1.89. The molecule has 0 aromatic heterocycles. The molecule has 22 heavy (non-hydrogen) atoms. The summed E-state index contributed by atoms with van der Waals surface area (Å²) in [4.78, 5) is 0. The van der Waals surface area contributed by atoms with Crippen molar-refractivity contribution in [1.82, 2.24) is 0 Å². The van der Waals surface area contributed by atoms with Crippen molar-refractivity contribution in [2.75, 3.05) is 12.3 Å². The summed E-state index contributed by atoms with van der Waals surface area (Å²) in [6, 6.07) is 19.5. The Kier molecular flexibility index (Phi) is 5.94. The lowest BCUT2D eigenvalue weighted by Crippen LogP contribution is -2.01. The minimum absolute atomic E-state index is 0.341. The van der Waals surface area contributed by atoms with Gasteiger partial charge in [0.05, 0.1) is 12.8 Å². The van der Waals surface area contributed by atoms with Gasteiger partial charge in [0.15, 0.2) is 0 Å². The maximum absolute atomic E-state index is 13.0. The molecule has 0 heterocycles. The van der Waals surface area contributed by atoms with E-state index in [0.717, 1.165) is 16.7 Å². The molecule has 0 radical (unpaired) electrons. The summed E-state index contributed by atoms with van der Waals surface area (Å²) in [5.74, 6) is 0. The van der Waals surface area contributed by atoms with E-state index < -0.39 is 7.37 Å².